The van der Waals surface area contributed by atoms with E-state index < -0.39 is 11.8 Å². The summed E-state index contributed by atoms with van der Waals surface area (Å²) in [5, 5.41) is 12.2. The number of hydrogen-bond donors (Lipinski definition) is 3. The maximum Gasteiger partial charge on any atom is 0.337 e. The van der Waals surface area contributed by atoms with Crippen molar-refractivity contribution in [1.82, 2.24) is 0 Å². The summed E-state index contributed by atoms with van der Waals surface area (Å²) in [4.78, 5) is 11.1. The summed E-state index contributed by atoms with van der Waals surface area (Å²) < 4.78 is 13.9. The number of hydrogen-bond acceptors (Lipinski definition) is 3. The summed E-state index contributed by atoms with van der Waals surface area (Å²) in [6.07, 6.45) is 3.22. The summed E-state index contributed by atoms with van der Waals surface area (Å²) in [7, 11) is 0. The van der Waals surface area contributed by atoms with Gasteiger partial charge in [0.05, 0.1) is 11.3 Å². The zero-order valence-corrected chi connectivity index (χ0v) is 11.8. The number of nitrogens with one attached hydrogen (secondary N) is 1. The molecule has 0 bridgehead atoms. The Morgan fingerprint density at radius 3 is 2.75 bits per heavy atom. The maximum absolute atomic E-state index is 13.9. The smallest absolute Gasteiger partial charge is 0.337 e. The third kappa shape index (κ3) is 2.71. The summed E-state index contributed by atoms with van der Waals surface area (Å²) in [5.74, 6) is -0.551. The molecule has 0 radical (unpaired) electrons. The van der Waals surface area contributed by atoms with E-state index in [0.717, 1.165) is 25.3 Å². The Labute approximate surface area is 118 Å². The third-order valence-electron chi connectivity index (χ3n) is 4.46. The molecule has 4 N–H and O–H groups in total. The van der Waals surface area contributed by atoms with Crippen molar-refractivity contribution in [3.8, 4) is 0 Å². The molecule has 1 aromatic carbocycles. The highest BCUT2D eigenvalue weighted by Crippen LogP contribution is 2.36. The molecule has 0 amide bonds. The van der Waals surface area contributed by atoms with Gasteiger partial charge in [-0.2, -0.15) is 0 Å². The highest BCUT2D eigenvalue weighted by molar-refractivity contribution is 5.94. The Morgan fingerprint density at radius 2 is 2.20 bits per heavy atom. The van der Waals surface area contributed by atoms with Crippen LogP contribution in [0.2, 0.25) is 0 Å². The van der Waals surface area contributed by atoms with E-state index in [1.165, 1.54) is 6.07 Å². The van der Waals surface area contributed by atoms with E-state index in [9.17, 15) is 9.18 Å². The van der Waals surface area contributed by atoms with Crippen molar-refractivity contribution in [2.75, 3.05) is 11.1 Å². The molecule has 0 spiro atoms. The van der Waals surface area contributed by atoms with Crippen molar-refractivity contribution >= 4 is 17.3 Å². The van der Waals surface area contributed by atoms with Gasteiger partial charge in [0, 0.05) is 11.7 Å². The Kier molecular flexibility index (Phi) is 4.16. The molecule has 4 nitrogen and oxygen atoms in total. The molecule has 1 aliphatic carbocycles. The number of aromatic carboxylic acids is 1. The van der Waals surface area contributed by atoms with Gasteiger partial charge in [-0.05, 0) is 36.8 Å². The van der Waals surface area contributed by atoms with Crippen LogP contribution in [0, 0.1) is 17.7 Å². The first kappa shape index (κ1) is 14.6. The molecule has 0 heterocycles. The molecule has 0 aromatic heterocycles. The lowest BCUT2D eigenvalue weighted by Crippen LogP contribution is -2.25. The largest absolute Gasteiger partial charge is 0.478 e. The molecule has 110 valence electrons. The molecular weight excluding hydrogens is 259 g/mol. The van der Waals surface area contributed by atoms with Crippen molar-refractivity contribution in [2.24, 2.45) is 11.8 Å². The molecule has 1 fully saturated rings. The second-order valence-electron chi connectivity index (χ2n) is 5.58. The molecule has 1 aliphatic rings. The van der Waals surface area contributed by atoms with Gasteiger partial charge in [-0.15, -0.1) is 0 Å². The molecule has 3 atom stereocenters. The van der Waals surface area contributed by atoms with Crippen molar-refractivity contribution in [2.45, 2.75) is 39.2 Å². The summed E-state index contributed by atoms with van der Waals surface area (Å²) in [5.41, 5.74) is 5.64. The van der Waals surface area contributed by atoms with E-state index in [1.807, 2.05) is 0 Å². The lowest BCUT2D eigenvalue weighted by molar-refractivity contribution is 0.0698. The van der Waals surface area contributed by atoms with Crippen molar-refractivity contribution in [1.29, 1.82) is 0 Å². The van der Waals surface area contributed by atoms with Crippen LogP contribution in [-0.4, -0.2) is 17.1 Å². The number of anilines is 2. The second-order valence-corrected chi connectivity index (χ2v) is 5.58. The first-order chi connectivity index (χ1) is 9.43. The number of benzene rings is 1. The fourth-order valence-electron chi connectivity index (χ4n) is 3.11. The normalized spacial score (nSPS) is 25.6. The molecule has 0 saturated heterocycles. The highest BCUT2D eigenvalue weighted by Gasteiger charge is 2.32. The van der Waals surface area contributed by atoms with E-state index in [4.69, 9.17) is 10.8 Å². The Balaban J connectivity index is 2.22. The molecular formula is C15H21FN2O2. The zero-order chi connectivity index (χ0) is 14.9. The fourth-order valence-corrected chi connectivity index (χ4v) is 3.11. The van der Waals surface area contributed by atoms with Gasteiger partial charge in [-0.25, -0.2) is 9.18 Å². The van der Waals surface area contributed by atoms with Crippen LogP contribution in [0.25, 0.3) is 0 Å². The quantitative estimate of drug-likeness (QED) is 0.739. The number of carboxylic acid groups (broad SMARTS) is 1. The number of rotatable bonds is 4. The Hall–Kier alpha value is -1.78. The van der Waals surface area contributed by atoms with Crippen LogP contribution < -0.4 is 11.1 Å². The SMILES string of the molecule is CCC1CCC(Nc2cc(C(=O)O)c(N)cc2F)C1C. The van der Waals surface area contributed by atoms with E-state index in [-0.39, 0.29) is 23.0 Å². The molecule has 2 rings (SSSR count). The Bertz CT molecular complexity index is 519. The number of halogens is 1. The minimum atomic E-state index is -1.14. The molecule has 1 aromatic rings. The van der Waals surface area contributed by atoms with Crippen LogP contribution in [0.3, 0.4) is 0 Å². The van der Waals surface area contributed by atoms with Gasteiger partial charge >= 0.3 is 5.97 Å². The molecule has 0 aliphatic heterocycles. The summed E-state index contributed by atoms with van der Waals surface area (Å²) in [6.45, 7) is 4.32. The number of nitrogens with two attached hydrogens (primary N) is 1. The van der Waals surface area contributed by atoms with Gasteiger partial charge < -0.3 is 16.2 Å². The van der Waals surface area contributed by atoms with E-state index in [2.05, 4.69) is 19.2 Å². The zero-order valence-electron chi connectivity index (χ0n) is 11.8. The average molecular weight is 280 g/mol. The van der Waals surface area contributed by atoms with Crippen LogP contribution in [0.1, 0.15) is 43.5 Å². The van der Waals surface area contributed by atoms with E-state index >= 15 is 0 Å². The topological polar surface area (TPSA) is 75.3 Å². The first-order valence-electron chi connectivity index (χ1n) is 7.02. The van der Waals surface area contributed by atoms with Crippen molar-refractivity contribution in [3.05, 3.63) is 23.5 Å². The Morgan fingerprint density at radius 1 is 1.50 bits per heavy atom. The molecule has 3 unspecified atom stereocenters. The van der Waals surface area contributed by atoms with Gasteiger partial charge in [-0.1, -0.05) is 20.3 Å². The predicted octanol–water partition coefficient (Wildman–Crippen LogP) is 3.34. The van der Waals surface area contributed by atoms with Crippen molar-refractivity contribution in [3.63, 3.8) is 0 Å². The van der Waals surface area contributed by atoms with Crippen LogP contribution in [0.5, 0.6) is 0 Å². The first-order valence-corrected chi connectivity index (χ1v) is 7.02. The lowest BCUT2D eigenvalue weighted by atomic mass is 9.93. The number of nitrogen functional groups attached to an aromatic ring is 1. The molecule has 5 heteroatoms. The van der Waals surface area contributed by atoms with Crippen LogP contribution in [0.4, 0.5) is 15.8 Å². The van der Waals surface area contributed by atoms with Gasteiger partial charge in [0.25, 0.3) is 0 Å². The van der Waals surface area contributed by atoms with Crippen LogP contribution >= 0.6 is 0 Å². The standard InChI is InChI=1S/C15H21FN2O2/c1-3-9-4-5-13(8(9)2)18-14-6-10(15(19)20)12(17)7-11(14)16/h6-9,13,18H,3-5,17H2,1-2H3,(H,19,20). The predicted molar refractivity (Wildman–Crippen MR) is 77.4 cm³/mol. The van der Waals surface area contributed by atoms with Gasteiger partial charge in [0.2, 0.25) is 0 Å². The minimum absolute atomic E-state index is 0.0496. The highest BCUT2D eigenvalue weighted by atomic mass is 19.1. The maximum atomic E-state index is 13.9. The van der Waals surface area contributed by atoms with E-state index in [1.54, 1.807) is 0 Å². The van der Waals surface area contributed by atoms with Gasteiger partial charge in [0.15, 0.2) is 0 Å². The number of carbonyl (C=O) groups is 1. The third-order valence-corrected chi connectivity index (χ3v) is 4.46. The average Bonchev–Trinajstić information content (AvgIpc) is 2.73. The molecule has 20 heavy (non-hydrogen) atoms. The van der Waals surface area contributed by atoms with Gasteiger partial charge in [-0.3, -0.25) is 0 Å². The molecule has 1 saturated carbocycles. The summed E-state index contributed by atoms with van der Waals surface area (Å²) >= 11 is 0. The van der Waals surface area contributed by atoms with Crippen LogP contribution in [-0.2, 0) is 0 Å². The minimum Gasteiger partial charge on any atom is -0.478 e. The number of carboxylic acids is 1. The lowest BCUT2D eigenvalue weighted by Gasteiger charge is -2.22. The van der Waals surface area contributed by atoms with Gasteiger partial charge in [0.1, 0.15) is 5.82 Å². The van der Waals surface area contributed by atoms with Crippen molar-refractivity contribution < 1.29 is 14.3 Å². The second kappa shape index (κ2) is 5.69. The van der Waals surface area contributed by atoms with Crippen LogP contribution in [0.15, 0.2) is 12.1 Å². The fraction of sp³-hybridized carbons (Fsp3) is 0.533. The van der Waals surface area contributed by atoms with E-state index in [0.29, 0.717) is 11.8 Å². The monoisotopic (exact) mass is 280 g/mol. The summed E-state index contributed by atoms with van der Waals surface area (Å²) in [6, 6.07) is 2.54.